The molecule has 0 aliphatic heterocycles. The summed E-state index contributed by atoms with van der Waals surface area (Å²) in [7, 11) is 0. The minimum absolute atomic E-state index is 0.0517. The van der Waals surface area contributed by atoms with E-state index in [0.29, 0.717) is 21.2 Å². The maximum atomic E-state index is 12.0. The normalized spacial score (nSPS) is 10.9. The van der Waals surface area contributed by atoms with E-state index in [-0.39, 0.29) is 11.5 Å². The molecular formula is C16H12Cl2O2. The fraction of sp³-hybridized carbons (Fsp3) is 0.0625. The number of phenols is 1. The summed E-state index contributed by atoms with van der Waals surface area (Å²) in [5.74, 6) is -0.176. The van der Waals surface area contributed by atoms with Crippen molar-refractivity contribution in [3.05, 3.63) is 69.2 Å². The Hall–Kier alpha value is -1.77. The lowest BCUT2D eigenvalue weighted by atomic mass is 10.1. The first-order chi connectivity index (χ1) is 9.49. The third-order valence-corrected chi connectivity index (χ3v) is 3.68. The molecule has 0 saturated heterocycles. The molecule has 20 heavy (non-hydrogen) atoms. The largest absolute Gasteiger partial charge is 0.508 e. The van der Waals surface area contributed by atoms with Crippen LogP contribution in [0.2, 0.25) is 10.0 Å². The van der Waals surface area contributed by atoms with Gasteiger partial charge in [0.05, 0.1) is 5.02 Å². The van der Waals surface area contributed by atoms with Gasteiger partial charge in [-0.05, 0) is 42.8 Å². The fourth-order valence-corrected chi connectivity index (χ4v) is 2.24. The molecule has 0 aromatic heterocycles. The first-order valence-corrected chi connectivity index (χ1v) is 6.70. The monoisotopic (exact) mass is 306 g/mol. The smallest absolute Gasteiger partial charge is 0.185 e. The molecule has 2 aromatic carbocycles. The quantitative estimate of drug-likeness (QED) is 0.646. The van der Waals surface area contributed by atoms with Crippen molar-refractivity contribution in [2.45, 2.75) is 6.92 Å². The van der Waals surface area contributed by atoms with E-state index in [1.165, 1.54) is 18.2 Å². The number of hydrogen-bond donors (Lipinski definition) is 1. The zero-order chi connectivity index (χ0) is 14.7. The highest BCUT2D eigenvalue weighted by molar-refractivity contribution is 6.37. The molecule has 0 fully saturated rings. The van der Waals surface area contributed by atoms with Crippen molar-refractivity contribution in [2.24, 2.45) is 0 Å². The average Bonchev–Trinajstić information content (AvgIpc) is 2.43. The van der Waals surface area contributed by atoms with Crippen LogP contribution in [0.15, 0.2) is 42.5 Å². The van der Waals surface area contributed by atoms with Gasteiger partial charge in [0.15, 0.2) is 5.78 Å². The second-order valence-corrected chi connectivity index (χ2v) is 5.13. The van der Waals surface area contributed by atoms with Crippen molar-refractivity contribution < 1.29 is 9.90 Å². The number of rotatable bonds is 3. The van der Waals surface area contributed by atoms with Gasteiger partial charge in [-0.2, -0.15) is 0 Å². The van der Waals surface area contributed by atoms with E-state index >= 15 is 0 Å². The van der Waals surface area contributed by atoms with Crippen LogP contribution in [0, 0.1) is 6.92 Å². The van der Waals surface area contributed by atoms with E-state index in [0.717, 1.165) is 5.56 Å². The van der Waals surface area contributed by atoms with Gasteiger partial charge in [0.2, 0.25) is 0 Å². The maximum absolute atomic E-state index is 12.0. The molecule has 2 nitrogen and oxygen atoms in total. The Balaban J connectivity index is 2.30. The van der Waals surface area contributed by atoms with E-state index in [9.17, 15) is 9.90 Å². The molecule has 102 valence electrons. The number of phenolic OH excluding ortho intramolecular Hbond substituents is 1. The van der Waals surface area contributed by atoms with Gasteiger partial charge in [-0.1, -0.05) is 41.4 Å². The highest BCUT2D eigenvalue weighted by atomic mass is 35.5. The molecule has 0 radical (unpaired) electrons. The van der Waals surface area contributed by atoms with Crippen molar-refractivity contribution in [2.75, 3.05) is 0 Å². The fourth-order valence-electron chi connectivity index (χ4n) is 1.75. The van der Waals surface area contributed by atoms with Crippen molar-refractivity contribution in [1.82, 2.24) is 0 Å². The minimum Gasteiger partial charge on any atom is -0.508 e. The van der Waals surface area contributed by atoms with Crippen LogP contribution < -0.4 is 0 Å². The molecule has 0 atom stereocenters. The first kappa shape index (κ1) is 14.6. The van der Waals surface area contributed by atoms with Gasteiger partial charge in [0, 0.05) is 16.1 Å². The van der Waals surface area contributed by atoms with E-state index < -0.39 is 0 Å². The third kappa shape index (κ3) is 3.21. The number of carbonyl (C=O) groups excluding carboxylic acids is 1. The summed E-state index contributed by atoms with van der Waals surface area (Å²) in [4.78, 5) is 12.0. The van der Waals surface area contributed by atoms with Crippen LogP contribution in [-0.4, -0.2) is 10.9 Å². The van der Waals surface area contributed by atoms with Crippen LogP contribution in [0.1, 0.15) is 21.5 Å². The van der Waals surface area contributed by atoms with Gasteiger partial charge in [0.25, 0.3) is 0 Å². The summed E-state index contributed by atoms with van der Waals surface area (Å²) >= 11 is 12.2. The molecule has 0 aliphatic rings. The Kier molecular flexibility index (Phi) is 4.48. The van der Waals surface area contributed by atoms with E-state index in [1.54, 1.807) is 24.3 Å². The maximum Gasteiger partial charge on any atom is 0.185 e. The molecule has 2 rings (SSSR count). The second-order valence-electron chi connectivity index (χ2n) is 4.34. The van der Waals surface area contributed by atoms with Crippen molar-refractivity contribution in [3.63, 3.8) is 0 Å². The van der Waals surface area contributed by atoms with Gasteiger partial charge < -0.3 is 5.11 Å². The summed E-state index contributed by atoms with van der Waals surface area (Å²) in [6.45, 7) is 1.87. The predicted molar refractivity (Wildman–Crippen MR) is 82.7 cm³/mol. The summed E-state index contributed by atoms with van der Waals surface area (Å²) in [5, 5.41) is 10.4. The number of benzene rings is 2. The number of aryl methyl sites for hydroxylation is 1. The number of ketones is 1. The van der Waals surface area contributed by atoms with Gasteiger partial charge in [0.1, 0.15) is 5.75 Å². The van der Waals surface area contributed by atoms with Gasteiger partial charge >= 0.3 is 0 Å². The van der Waals surface area contributed by atoms with Crippen LogP contribution in [0.25, 0.3) is 6.08 Å². The molecular weight excluding hydrogens is 295 g/mol. The predicted octanol–water partition coefficient (Wildman–Crippen LogP) is 4.90. The van der Waals surface area contributed by atoms with Crippen LogP contribution in [0.4, 0.5) is 0 Å². The average molecular weight is 307 g/mol. The molecule has 1 N–H and O–H groups in total. The molecule has 0 bridgehead atoms. The SMILES string of the molecule is Cc1ccc(Cl)c(/C=C/C(=O)c2cccc(O)c2)c1Cl. The highest BCUT2D eigenvalue weighted by Gasteiger charge is 2.07. The molecule has 4 heteroatoms. The Morgan fingerprint density at radius 1 is 1.20 bits per heavy atom. The lowest BCUT2D eigenvalue weighted by molar-refractivity contribution is 0.104. The van der Waals surface area contributed by atoms with Gasteiger partial charge in [-0.15, -0.1) is 0 Å². The molecule has 0 aliphatic carbocycles. The first-order valence-electron chi connectivity index (χ1n) is 5.95. The number of carbonyl (C=O) groups is 1. The summed E-state index contributed by atoms with van der Waals surface area (Å²) in [6.07, 6.45) is 2.98. The minimum atomic E-state index is -0.227. The lowest BCUT2D eigenvalue weighted by Crippen LogP contribution is -1.93. The number of allylic oxidation sites excluding steroid dienone is 1. The number of halogens is 2. The summed E-state index contributed by atoms with van der Waals surface area (Å²) in [6, 6.07) is 9.72. The van der Waals surface area contributed by atoms with E-state index in [2.05, 4.69) is 0 Å². The zero-order valence-corrected chi connectivity index (χ0v) is 12.2. The van der Waals surface area contributed by atoms with Crippen LogP contribution in [0.5, 0.6) is 5.75 Å². The van der Waals surface area contributed by atoms with Crippen LogP contribution in [0.3, 0.4) is 0 Å². The Morgan fingerprint density at radius 3 is 2.65 bits per heavy atom. The second kappa shape index (κ2) is 6.12. The molecule has 0 heterocycles. The topological polar surface area (TPSA) is 37.3 Å². The Morgan fingerprint density at radius 2 is 1.95 bits per heavy atom. The lowest BCUT2D eigenvalue weighted by Gasteiger charge is -2.04. The zero-order valence-electron chi connectivity index (χ0n) is 10.7. The highest BCUT2D eigenvalue weighted by Crippen LogP contribution is 2.29. The molecule has 0 unspecified atom stereocenters. The van der Waals surface area contributed by atoms with Crippen molar-refractivity contribution in [3.8, 4) is 5.75 Å². The van der Waals surface area contributed by atoms with E-state index in [1.807, 2.05) is 13.0 Å². The van der Waals surface area contributed by atoms with Crippen molar-refractivity contribution in [1.29, 1.82) is 0 Å². The molecule has 2 aromatic rings. The third-order valence-electron chi connectivity index (χ3n) is 2.85. The van der Waals surface area contributed by atoms with Crippen LogP contribution in [-0.2, 0) is 0 Å². The van der Waals surface area contributed by atoms with Crippen molar-refractivity contribution >= 4 is 35.1 Å². The molecule has 0 spiro atoms. The van der Waals surface area contributed by atoms with E-state index in [4.69, 9.17) is 23.2 Å². The Labute approximate surface area is 127 Å². The Bertz CT molecular complexity index is 691. The van der Waals surface area contributed by atoms with Crippen LogP contribution >= 0.6 is 23.2 Å². The summed E-state index contributed by atoms with van der Waals surface area (Å²) < 4.78 is 0. The standard InChI is InChI=1S/C16H12Cl2O2/c1-10-5-7-14(17)13(16(10)18)6-8-15(20)11-3-2-4-12(19)9-11/h2-9,19H,1H3/b8-6+. The van der Waals surface area contributed by atoms with Gasteiger partial charge in [-0.25, -0.2) is 0 Å². The molecule has 0 amide bonds. The number of hydrogen-bond acceptors (Lipinski definition) is 2. The van der Waals surface area contributed by atoms with Gasteiger partial charge in [-0.3, -0.25) is 4.79 Å². The molecule has 0 saturated carbocycles. The number of aromatic hydroxyl groups is 1. The summed E-state index contributed by atoms with van der Waals surface area (Å²) in [5.41, 5.74) is 1.91.